The molecule has 0 bridgehead atoms. The maximum Gasteiger partial charge on any atom is 0.295 e. The van der Waals surface area contributed by atoms with E-state index in [0.717, 1.165) is 23.8 Å². The number of unbranched alkanes of at least 4 members (excludes halogenated alkanes) is 12. The van der Waals surface area contributed by atoms with Gasteiger partial charge in [-0.1, -0.05) is 120 Å². The molecule has 0 spiro atoms. The first-order valence-corrected chi connectivity index (χ1v) is 13.2. The van der Waals surface area contributed by atoms with E-state index in [1.54, 1.807) is 6.07 Å². The van der Waals surface area contributed by atoms with E-state index >= 15 is 0 Å². The third kappa shape index (κ3) is 10.4. The Labute approximate surface area is 189 Å². The molecule has 0 aromatic heterocycles. The second kappa shape index (κ2) is 16.0. The molecule has 0 aliphatic rings. The van der Waals surface area contributed by atoms with Gasteiger partial charge in [-0.05, 0) is 23.8 Å². The van der Waals surface area contributed by atoms with Crippen LogP contribution < -0.4 is 0 Å². The molecule has 0 aliphatic heterocycles. The Kier molecular flexibility index (Phi) is 14.1. The molecular formula is C26H40O4S. The monoisotopic (exact) mass is 448 g/mol. The van der Waals surface area contributed by atoms with E-state index in [2.05, 4.69) is 6.92 Å². The highest BCUT2D eigenvalue weighted by Crippen LogP contribution is 2.28. The first-order chi connectivity index (χ1) is 15.0. The summed E-state index contributed by atoms with van der Waals surface area (Å²) < 4.78 is 33.7. The molecule has 0 fully saturated rings. The highest BCUT2D eigenvalue weighted by Gasteiger charge is 2.18. The van der Waals surface area contributed by atoms with Gasteiger partial charge in [-0.2, -0.15) is 8.42 Å². The average Bonchev–Trinajstić information content (AvgIpc) is 2.77. The van der Waals surface area contributed by atoms with Crippen LogP contribution in [0.15, 0.2) is 41.3 Å². The van der Waals surface area contributed by atoms with Crippen LogP contribution in [-0.2, 0) is 21.3 Å². The van der Waals surface area contributed by atoms with Crippen LogP contribution in [-0.4, -0.2) is 19.8 Å². The topological polar surface area (TPSA) is 71.4 Å². The van der Waals surface area contributed by atoms with Gasteiger partial charge in [0.25, 0.3) is 10.1 Å². The van der Waals surface area contributed by atoms with Gasteiger partial charge in [0.05, 0.1) is 0 Å². The number of carbonyl (C=O) groups excluding carboxylic acids is 1. The molecule has 0 aliphatic carbocycles. The summed E-state index contributed by atoms with van der Waals surface area (Å²) in [6.45, 7) is 4.26. The Morgan fingerprint density at radius 3 is 1.71 bits per heavy atom. The van der Waals surface area contributed by atoms with Gasteiger partial charge in [-0.25, -0.2) is 0 Å². The van der Waals surface area contributed by atoms with Gasteiger partial charge in [0.15, 0.2) is 0 Å². The normalized spacial score (nSPS) is 11.3. The van der Waals surface area contributed by atoms with E-state index in [9.17, 15) is 13.0 Å². The van der Waals surface area contributed by atoms with Gasteiger partial charge in [0.1, 0.15) is 11.7 Å². The lowest BCUT2D eigenvalue weighted by Crippen LogP contribution is -2.04. The van der Waals surface area contributed by atoms with Crippen molar-refractivity contribution in [3.05, 3.63) is 42.0 Å². The third-order valence-electron chi connectivity index (χ3n) is 5.77. The number of benzene rings is 2. The molecule has 31 heavy (non-hydrogen) atoms. The van der Waals surface area contributed by atoms with Crippen molar-refractivity contribution in [3.63, 3.8) is 0 Å². The number of aryl methyl sites for hydroxylation is 1. The first kappa shape index (κ1) is 27.3. The van der Waals surface area contributed by atoms with E-state index in [4.69, 9.17) is 4.79 Å². The van der Waals surface area contributed by atoms with Crippen molar-refractivity contribution in [3.8, 4) is 0 Å². The minimum absolute atomic E-state index is 0.0922. The van der Waals surface area contributed by atoms with Gasteiger partial charge < -0.3 is 4.79 Å². The van der Waals surface area contributed by atoms with Crippen LogP contribution in [0.3, 0.4) is 0 Å². The van der Waals surface area contributed by atoms with Crippen LogP contribution in [0.1, 0.15) is 96.0 Å². The summed E-state index contributed by atoms with van der Waals surface area (Å²) >= 11 is 0. The lowest BCUT2D eigenvalue weighted by Gasteiger charge is -2.11. The summed E-state index contributed by atoms with van der Waals surface area (Å²) in [7, 11) is -4.23. The van der Waals surface area contributed by atoms with Crippen molar-refractivity contribution in [2.75, 3.05) is 0 Å². The Bertz CT molecular complexity index is 846. The van der Waals surface area contributed by atoms with Gasteiger partial charge in [-0.15, -0.1) is 0 Å². The molecule has 0 radical (unpaired) electrons. The van der Waals surface area contributed by atoms with Crippen molar-refractivity contribution < 1.29 is 17.8 Å². The highest BCUT2D eigenvalue weighted by atomic mass is 32.2. The van der Waals surface area contributed by atoms with Crippen LogP contribution in [0.2, 0.25) is 0 Å². The molecule has 4 nitrogen and oxygen atoms in total. The van der Waals surface area contributed by atoms with Gasteiger partial charge >= 0.3 is 0 Å². The minimum atomic E-state index is -4.23. The molecule has 174 valence electrons. The second-order valence-corrected chi connectivity index (χ2v) is 9.60. The summed E-state index contributed by atoms with van der Waals surface area (Å²) in [5.41, 5.74) is 0.731. The number of fused-ring (bicyclic) bond motifs is 1. The van der Waals surface area contributed by atoms with Crippen LogP contribution in [0.5, 0.6) is 0 Å². The predicted octanol–water partition coefficient (Wildman–Crippen LogP) is 7.54. The van der Waals surface area contributed by atoms with Crippen LogP contribution in [0, 0.1) is 0 Å². The first-order valence-electron chi connectivity index (χ1n) is 11.8. The molecule has 5 heteroatoms. The Morgan fingerprint density at radius 1 is 0.710 bits per heavy atom. The molecular weight excluding hydrogens is 408 g/mol. The summed E-state index contributed by atoms with van der Waals surface area (Å²) in [5, 5.41) is 1.46. The summed E-state index contributed by atoms with van der Waals surface area (Å²) in [4.78, 5) is 8.09. The molecule has 0 amide bonds. The smallest absolute Gasteiger partial charge is 0.295 e. The SMILES string of the molecule is C=O.CCCCCCCCCCCCCCCc1ccc2ccccc2c1S(=O)(=O)O. The van der Waals surface area contributed by atoms with Crippen molar-refractivity contribution in [1.29, 1.82) is 0 Å². The molecule has 0 heterocycles. The fraction of sp³-hybridized carbons (Fsp3) is 0.577. The van der Waals surface area contributed by atoms with Crippen molar-refractivity contribution >= 4 is 27.7 Å². The van der Waals surface area contributed by atoms with E-state index in [-0.39, 0.29) is 4.90 Å². The zero-order valence-corrected chi connectivity index (χ0v) is 20.0. The quantitative estimate of drug-likeness (QED) is 0.226. The maximum atomic E-state index is 12.0. The minimum Gasteiger partial charge on any atom is -0.307 e. The zero-order chi connectivity index (χ0) is 23.0. The molecule has 0 unspecified atom stereocenters. The number of carbonyl (C=O) groups is 1. The number of hydrogen-bond acceptors (Lipinski definition) is 3. The number of rotatable bonds is 15. The Hall–Kier alpha value is -1.72. The fourth-order valence-corrected chi connectivity index (χ4v) is 5.09. The van der Waals surface area contributed by atoms with Crippen molar-refractivity contribution in [2.45, 2.75) is 102 Å². The van der Waals surface area contributed by atoms with Crippen molar-refractivity contribution in [2.24, 2.45) is 0 Å². The van der Waals surface area contributed by atoms with Gasteiger partial charge in [0, 0.05) is 5.39 Å². The van der Waals surface area contributed by atoms with E-state index < -0.39 is 10.1 Å². The van der Waals surface area contributed by atoms with Crippen LogP contribution in [0.25, 0.3) is 10.8 Å². The largest absolute Gasteiger partial charge is 0.307 e. The van der Waals surface area contributed by atoms with Gasteiger partial charge in [-0.3, -0.25) is 4.55 Å². The lowest BCUT2D eigenvalue weighted by molar-refractivity contribution is -0.0980. The summed E-state index contributed by atoms with van der Waals surface area (Å²) in [6, 6.07) is 11.1. The molecule has 2 aromatic rings. The van der Waals surface area contributed by atoms with Crippen molar-refractivity contribution in [1.82, 2.24) is 0 Å². The molecule has 2 aromatic carbocycles. The lowest BCUT2D eigenvalue weighted by atomic mass is 10.0. The highest BCUT2D eigenvalue weighted by molar-refractivity contribution is 7.86. The molecule has 1 N–H and O–H groups in total. The molecule has 2 rings (SSSR count). The molecule has 0 atom stereocenters. The Morgan fingerprint density at radius 2 is 1.19 bits per heavy atom. The number of hydrogen-bond donors (Lipinski definition) is 1. The van der Waals surface area contributed by atoms with E-state index in [1.165, 1.54) is 70.6 Å². The second-order valence-electron chi connectivity index (χ2n) is 8.24. The van der Waals surface area contributed by atoms with E-state index in [1.807, 2.05) is 37.1 Å². The third-order valence-corrected chi connectivity index (χ3v) is 6.77. The van der Waals surface area contributed by atoms with Crippen LogP contribution in [0.4, 0.5) is 0 Å². The summed E-state index contributed by atoms with van der Waals surface area (Å²) in [5.74, 6) is 0. The zero-order valence-electron chi connectivity index (χ0n) is 19.2. The molecule has 0 saturated heterocycles. The predicted molar refractivity (Wildman–Crippen MR) is 130 cm³/mol. The van der Waals surface area contributed by atoms with Gasteiger partial charge in [0.2, 0.25) is 0 Å². The Balaban J connectivity index is 0.00000233. The van der Waals surface area contributed by atoms with E-state index in [0.29, 0.717) is 11.8 Å². The maximum absolute atomic E-state index is 12.0. The standard InChI is InChI=1S/C25H38O3S.CH2O/c1-2-3-4-5-6-7-8-9-10-11-12-13-14-18-23-21-20-22-17-15-16-19-24(22)25(23)29(26,27)28;1-2/h15-17,19-21H,2-14,18H2,1H3,(H,26,27,28);1H2. The summed E-state index contributed by atoms with van der Waals surface area (Å²) in [6.07, 6.45) is 17.5. The van der Waals surface area contributed by atoms with Crippen LogP contribution >= 0.6 is 0 Å². The molecule has 0 saturated carbocycles. The average molecular weight is 449 g/mol. The fourth-order valence-electron chi connectivity index (χ4n) is 4.12.